The quantitative estimate of drug-likeness (QED) is 0.769. The van der Waals surface area contributed by atoms with Crippen LogP contribution in [0.25, 0.3) is 5.78 Å². The highest BCUT2D eigenvalue weighted by Crippen LogP contribution is 2.28. The summed E-state index contributed by atoms with van der Waals surface area (Å²) >= 11 is 6.13. The number of morpholine rings is 1. The molecule has 106 valence electrons. The molecule has 9 heteroatoms. The van der Waals surface area contributed by atoms with Crippen LogP contribution in [0.4, 0.5) is 5.82 Å². The topological polar surface area (TPSA) is 98.6 Å². The van der Waals surface area contributed by atoms with Crippen molar-refractivity contribution in [1.82, 2.24) is 19.6 Å². The Bertz CT molecular complexity index is 672. The molecule has 0 aromatic carbocycles. The number of nitrogens with two attached hydrogens (primary N) is 1. The standard InChI is InChI=1S/C11H13ClN6O2/c1-6-8(12)16-11-14-5-15-18(11)10(6)17-2-3-20-4-7(17)9(13)19/h5,7H,2-4H2,1H3,(H2,13,19). The molecule has 1 amide bonds. The molecule has 20 heavy (non-hydrogen) atoms. The van der Waals surface area contributed by atoms with E-state index in [4.69, 9.17) is 22.1 Å². The van der Waals surface area contributed by atoms with Gasteiger partial charge in [-0.1, -0.05) is 11.6 Å². The van der Waals surface area contributed by atoms with Crippen molar-refractivity contribution in [1.29, 1.82) is 0 Å². The maximum atomic E-state index is 11.6. The lowest BCUT2D eigenvalue weighted by atomic mass is 10.2. The van der Waals surface area contributed by atoms with Gasteiger partial charge in [-0.05, 0) is 6.92 Å². The highest BCUT2D eigenvalue weighted by atomic mass is 35.5. The van der Waals surface area contributed by atoms with Crippen molar-refractivity contribution in [3.8, 4) is 0 Å². The van der Waals surface area contributed by atoms with Crippen molar-refractivity contribution >= 4 is 29.1 Å². The summed E-state index contributed by atoms with van der Waals surface area (Å²) in [6, 6.07) is -0.562. The molecule has 1 saturated heterocycles. The van der Waals surface area contributed by atoms with Crippen molar-refractivity contribution in [3.63, 3.8) is 0 Å². The predicted molar refractivity (Wildman–Crippen MR) is 71.7 cm³/mol. The van der Waals surface area contributed by atoms with Crippen molar-refractivity contribution in [2.24, 2.45) is 5.73 Å². The zero-order valence-electron chi connectivity index (χ0n) is 10.8. The van der Waals surface area contributed by atoms with Gasteiger partial charge in [0.25, 0.3) is 5.78 Å². The van der Waals surface area contributed by atoms with Crippen LogP contribution in [-0.4, -0.2) is 51.3 Å². The highest BCUT2D eigenvalue weighted by molar-refractivity contribution is 6.30. The van der Waals surface area contributed by atoms with Gasteiger partial charge in [0.1, 0.15) is 23.3 Å². The molecule has 0 saturated carbocycles. The van der Waals surface area contributed by atoms with Crippen LogP contribution in [0.2, 0.25) is 5.15 Å². The van der Waals surface area contributed by atoms with Crippen LogP contribution >= 0.6 is 11.6 Å². The number of aromatic nitrogens is 4. The van der Waals surface area contributed by atoms with E-state index in [1.807, 2.05) is 11.8 Å². The first kappa shape index (κ1) is 13.1. The van der Waals surface area contributed by atoms with E-state index >= 15 is 0 Å². The van der Waals surface area contributed by atoms with E-state index < -0.39 is 11.9 Å². The van der Waals surface area contributed by atoms with Crippen molar-refractivity contribution in [3.05, 3.63) is 17.0 Å². The maximum Gasteiger partial charge on any atom is 0.255 e. The molecule has 2 aromatic rings. The van der Waals surface area contributed by atoms with Crippen LogP contribution in [0.1, 0.15) is 5.56 Å². The molecular weight excluding hydrogens is 284 g/mol. The molecule has 0 radical (unpaired) electrons. The Balaban J connectivity index is 2.19. The minimum absolute atomic E-state index is 0.241. The number of fused-ring (bicyclic) bond motifs is 1. The van der Waals surface area contributed by atoms with Crippen LogP contribution < -0.4 is 10.6 Å². The van der Waals surface area contributed by atoms with E-state index in [1.165, 1.54) is 6.33 Å². The van der Waals surface area contributed by atoms with Gasteiger partial charge in [-0.25, -0.2) is 0 Å². The molecule has 8 nitrogen and oxygen atoms in total. The van der Waals surface area contributed by atoms with Crippen LogP contribution in [0.5, 0.6) is 0 Å². The van der Waals surface area contributed by atoms with Gasteiger partial charge in [-0.15, -0.1) is 0 Å². The Morgan fingerprint density at radius 1 is 1.60 bits per heavy atom. The van der Waals surface area contributed by atoms with Gasteiger partial charge in [-0.2, -0.15) is 19.6 Å². The first-order valence-corrected chi connectivity index (χ1v) is 6.47. The predicted octanol–water partition coefficient (Wildman–Crippen LogP) is -0.223. The first-order valence-electron chi connectivity index (χ1n) is 6.09. The lowest BCUT2D eigenvalue weighted by molar-refractivity contribution is -0.121. The number of ether oxygens (including phenoxy) is 1. The smallest absolute Gasteiger partial charge is 0.255 e. The summed E-state index contributed by atoms with van der Waals surface area (Å²) in [6.45, 7) is 3.08. The van der Waals surface area contributed by atoms with E-state index in [-0.39, 0.29) is 6.61 Å². The fourth-order valence-electron chi connectivity index (χ4n) is 2.31. The third-order valence-electron chi connectivity index (χ3n) is 3.30. The fourth-order valence-corrected chi connectivity index (χ4v) is 2.47. The zero-order chi connectivity index (χ0) is 14.3. The summed E-state index contributed by atoms with van der Waals surface area (Å²) in [5, 5.41) is 4.47. The number of rotatable bonds is 2. The van der Waals surface area contributed by atoms with E-state index in [1.54, 1.807) is 4.52 Å². The summed E-state index contributed by atoms with van der Waals surface area (Å²) in [5.41, 5.74) is 6.17. The van der Waals surface area contributed by atoms with E-state index in [9.17, 15) is 4.79 Å². The van der Waals surface area contributed by atoms with Crippen LogP contribution in [0.15, 0.2) is 6.33 Å². The summed E-state index contributed by atoms with van der Waals surface area (Å²) in [6.07, 6.45) is 1.39. The largest absolute Gasteiger partial charge is 0.377 e. The number of anilines is 1. The average molecular weight is 297 g/mol. The molecule has 0 aliphatic carbocycles. The SMILES string of the molecule is Cc1c(Cl)nc2ncnn2c1N1CCOCC1C(N)=O. The normalized spacial score (nSPS) is 19.5. The molecule has 1 aliphatic rings. The summed E-state index contributed by atoms with van der Waals surface area (Å²) in [4.78, 5) is 21.6. The second-order valence-corrected chi connectivity index (χ2v) is 4.87. The third-order valence-corrected chi connectivity index (χ3v) is 3.67. The number of nitrogens with zero attached hydrogens (tertiary/aromatic N) is 5. The fraction of sp³-hybridized carbons (Fsp3) is 0.455. The van der Waals surface area contributed by atoms with E-state index in [0.717, 1.165) is 5.56 Å². The van der Waals surface area contributed by atoms with Crippen LogP contribution in [0, 0.1) is 6.92 Å². The molecule has 0 bridgehead atoms. The highest BCUT2D eigenvalue weighted by Gasteiger charge is 2.31. The average Bonchev–Trinajstić information content (AvgIpc) is 2.87. The van der Waals surface area contributed by atoms with E-state index in [0.29, 0.717) is 29.9 Å². The molecule has 3 rings (SSSR count). The summed E-state index contributed by atoms with van der Waals surface area (Å²) < 4.78 is 6.88. The number of carbonyl (C=O) groups excluding carboxylic acids is 1. The lowest BCUT2D eigenvalue weighted by Crippen LogP contribution is -2.53. The van der Waals surface area contributed by atoms with Gasteiger partial charge in [0.05, 0.1) is 13.2 Å². The van der Waals surface area contributed by atoms with Crippen molar-refractivity contribution in [2.45, 2.75) is 13.0 Å². The molecule has 1 aliphatic heterocycles. The molecule has 2 aromatic heterocycles. The molecule has 2 N–H and O–H groups in total. The van der Waals surface area contributed by atoms with Gasteiger partial charge in [-0.3, -0.25) is 4.79 Å². The van der Waals surface area contributed by atoms with Crippen molar-refractivity contribution < 1.29 is 9.53 Å². The molecule has 3 heterocycles. The van der Waals surface area contributed by atoms with Gasteiger partial charge in [0.2, 0.25) is 5.91 Å². The lowest BCUT2D eigenvalue weighted by Gasteiger charge is -2.35. The number of hydrogen-bond donors (Lipinski definition) is 1. The van der Waals surface area contributed by atoms with Crippen molar-refractivity contribution in [2.75, 3.05) is 24.7 Å². The van der Waals surface area contributed by atoms with Gasteiger partial charge in [0, 0.05) is 12.1 Å². The molecule has 1 unspecified atom stereocenters. The summed E-state index contributed by atoms with van der Waals surface area (Å²) in [7, 11) is 0. The maximum absolute atomic E-state index is 11.6. The van der Waals surface area contributed by atoms with Crippen LogP contribution in [-0.2, 0) is 9.53 Å². The van der Waals surface area contributed by atoms with Gasteiger partial charge < -0.3 is 15.4 Å². The van der Waals surface area contributed by atoms with Gasteiger partial charge in [0.15, 0.2) is 0 Å². The monoisotopic (exact) mass is 296 g/mol. The Morgan fingerprint density at radius 3 is 3.15 bits per heavy atom. The molecular formula is C11H13ClN6O2. The first-order chi connectivity index (χ1) is 9.59. The van der Waals surface area contributed by atoms with Gasteiger partial charge >= 0.3 is 0 Å². The third kappa shape index (κ3) is 1.97. The van der Waals surface area contributed by atoms with E-state index in [2.05, 4.69) is 15.1 Å². The Labute approximate surface area is 119 Å². The minimum Gasteiger partial charge on any atom is -0.377 e. The number of amides is 1. The second kappa shape index (κ2) is 4.88. The number of carbonyl (C=O) groups is 1. The Morgan fingerprint density at radius 2 is 2.40 bits per heavy atom. The Hall–Kier alpha value is -1.93. The second-order valence-electron chi connectivity index (χ2n) is 4.51. The number of primary amides is 1. The Kier molecular flexibility index (Phi) is 3.19. The molecule has 1 atom stereocenters. The zero-order valence-corrected chi connectivity index (χ0v) is 11.5. The van der Waals surface area contributed by atoms with Crippen LogP contribution in [0.3, 0.4) is 0 Å². The summed E-state index contributed by atoms with van der Waals surface area (Å²) in [5.74, 6) is 0.597. The number of hydrogen-bond acceptors (Lipinski definition) is 6. The molecule has 1 fully saturated rings. The minimum atomic E-state index is -0.562. The molecule has 0 spiro atoms. The number of halogens is 1.